The lowest BCUT2D eigenvalue weighted by molar-refractivity contribution is 0.463. The van der Waals surface area contributed by atoms with Gasteiger partial charge in [-0.15, -0.1) is 0 Å². The SMILES string of the molecule is Cc1cnc(NN)nc1Oc1cccc2ccccc12. The highest BCUT2D eigenvalue weighted by Crippen LogP contribution is 2.30. The summed E-state index contributed by atoms with van der Waals surface area (Å²) in [6, 6.07) is 14.0. The zero-order chi connectivity index (χ0) is 13.9. The van der Waals surface area contributed by atoms with Crippen molar-refractivity contribution in [2.75, 3.05) is 5.43 Å². The van der Waals surface area contributed by atoms with Crippen LogP contribution in [-0.4, -0.2) is 9.97 Å². The number of aromatic nitrogens is 2. The topological polar surface area (TPSA) is 73.1 Å². The average molecular weight is 266 g/mol. The molecule has 0 atom stereocenters. The summed E-state index contributed by atoms with van der Waals surface area (Å²) in [6.45, 7) is 1.89. The molecule has 0 spiro atoms. The minimum atomic E-state index is 0.325. The standard InChI is InChI=1S/C15H14N4O/c1-10-9-17-15(19-16)18-14(10)20-13-8-4-6-11-5-2-3-7-12(11)13/h2-9H,16H2,1H3,(H,17,18,19). The molecule has 0 saturated heterocycles. The number of nitrogens with two attached hydrogens (primary N) is 1. The van der Waals surface area contributed by atoms with Gasteiger partial charge in [-0.05, 0) is 18.4 Å². The largest absolute Gasteiger partial charge is 0.438 e. The van der Waals surface area contributed by atoms with Gasteiger partial charge in [0.05, 0.1) is 0 Å². The van der Waals surface area contributed by atoms with Crippen molar-refractivity contribution in [2.45, 2.75) is 6.92 Å². The van der Waals surface area contributed by atoms with Crippen molar-refractivity contribution in [1.82, 2.24) is 9.97 Å². The number of rotatable bonds is 3. The average Bonchev–Trinajstić information content (AvgIpc) is 2.50. The van der Waals surface area contributed by atoms with Crippen molar-refractivity contribution >= 4 is 16.7 Å². The third kappa shape index (κ3) is 2.26. The molecule has 2 aromatic carbocycles. The number of hydrogen-bond acceptors (Lipinski definition) is 5. The van der Waals surface area contributed by atoms with Crippen LogP contribution in [0.2, 0.25) is 0 Å². The fraction of sp³-hybridized carbons (Fsp3) is 0.0667. The Hall–Kier alpha value is -2.66. The Morgan fingerprint density at radius 2 is 1.90 bits per heavy atom. The number of nitrogens with one attached hydrogen (secondary N) is 1. The monoisotopic (exact) mass is 266 g/mol. The number of anilines is 1. The normalized spacial score (nSPS) is 10.5. The van der Waals surface area contributed by atoms with Gasteiger partial charge in [-0.1, -0.05) is 36.4 Å². The Morgan fingerprint density at radius 1 is 1.10 bits per heavy atom. The predicted octanol–water partition coefficient (Wildman–Crippen LogP) is 3.02. The van der Waals surface area contributed by atoms with Gasteiger partial charge in [0.15, 0.2) is 0 Å². The molecule has 0 saturated carbocycles. The van der Waals surface area contributed by atoms with Crippen LogP contribution in [0, 0.1) is 6.92 Å². The first-order chi connectivity index (χ1) is 9.78. The number of nitrogen functional groups attached to an aromatic ring is 1. The number of ether oxygens (including phenoxy) is 1. The van der Waals surface area contributed by atoms with E-state index in [1.807, 2.05) is 49.4 Å². The summed E-state index contributed by atoms with van der Waals surface area (Å²) < 4.78 is 5.92. The van der Waals surface area contributed by atoms with E-state index in [0.717, 1.165) is 22.1 Å². The summed E-state index contributed by atoms with van der Waals surface area (Å²) in [5.41, 5.74) is 3.26. The molecule has 0 fully saturated rings. The predicted molar refractivity (Wildman–Crippen MR) is 78.6 cm³/mol. The third-order valence-electron chi connectivity index (χ3n) is 3.01. The van der Waals surface area contributed by atoms with Crippen LogP contribution in [0.15, 0.2) is 48.7 Å². The molecule has 0 aliphatic carbocycles. The van der Waals surface area contributed by atoms with Gasteiger partial charge in [0, 0.05) is 17.1 Å². The van der Waals surface area contributed by atoms with Crippen LogP contribution in [0.1, 0.15) is 5.56 Å². The minimum Gasteiger partial charge on any atom is -0.438 e. The van der Waals surface area contributed by atoms with Gasteiger partial charge >= 0.3 is 0 Å². The van der Waals surface area contributed by atoms with Gasteiger partial charge < -0.3 is 4.74 Å². The Balaban J connectivity index is 2.05. The van der Waals surface area contributed by atoms with E-state index in [-0.39, 0.29) is 0 Å². The van der Waals surface area contributed by atoms with Crippen molar-refractivity contribution in [3.63, 3.8) is 0 Å². The van der Waals surface area contributed by atoms with Crippen LogP contribution < -0.4 is 16.0 Å². The van der Waals surface area contributed by atoms with E-state index in [1.54, 1.807) is 6.20 Å². The molecule has 5 nitrogen and oxygen atoms in total. The van der Waals surface area contributed by atoms with Crippen LogP contribution in [0.25, 0.3) is 10.8 Å². The fourth-order valence-electron chi connectivity index (χ4n) is 1.99. The molecule has 1 heterocycles. The van der Waals surface area contributed by atoms with E-state index >= 15 is 0 Å². The first-order valence-electron chi connectivity index (χ1n) is 6.24. The molecule has 1 aromatic heterocycles. The Bertz CT molecular complexity index is 752. The maximum absolute atomic E-state index is 5.92. The van der Waals surface area contributed by atoms with Gasteiger partial charge in [-0.3, -0.25) is 5.43 Å². The quantitative estimate of drug-likeness (QED) is 0.563. The summed E-state index contributed by atoms with van der Waals surface area (Å²) in [7, 11) is 0. The number of hydrogen-bond donors (Lipinski definition) is 2. The summed E-state index contributed by atoms with van der Waals surface area (Å²) in [6.07, 6.45) is 1.67. The van der Waals surface area contributed by atoms with Gasteiger partial charge in [-0.25, -0.2) is 10.8 Å². The second-order valence-corrected chi connectivity index (χ2v) is 4.41. The summed E-state index contributed by atoms with van der Waals surface area (Å²) in [4.78, 5) is 8.26. The minimum absolute atomic E-state index is 0.325. The molecule has 0 bridgehead atoms. The lowest BCUT2D eigenvalue weighted by atomic mass is 10.1. The molecular formula is C15H14N4O. The van der Waals surface area contributed by atoms with Crippen molar-refractivity contribution in [3.05, 3.63) is 54.2 Å². The van der Waals surface area contributed by atoms with Crippen molar-refractivity contribution in [1.29, 1.82) is 0 Å². The molecule has 0 aliphatic heterocycles. The van der Waals surface area contributed by atoms with E-state index < -0.39 is 0 Å². The lowest BCUT2D eigenvalue weighted by Crippen LogP contribution is -2.11. The van der Waals surface area contributed by atoms with Crippen LogP contribution in [0.4, 0.5) is 5.95 Å². The second kappa shape index (κ2) is 5.14. The Morgan fingerprint density at radius 3 is 2.75 bits per heavy atom. The highest BCUT2D eigenvalue weighted by Gasteiger charge is 2.08. The number of fused-ring (bicyclic) bond motifs is 1. The molecular weight excluding hydrogens is 252 g/mol. The molecule has 100 valence electrons. The maximum Gasteiger partial charge on any atom is 0.240 e. The first-order valence-corrected chi connectivity index (χ1v) is 6.24. The number of benzene rings is 2. The van der Waals surface area contributed by atoms with Crippen LogP contribution >= 0.6 is 0 Å². The highest BCUT2D eigenvalue weighted by atomic mass is 16.5. The highest BCUT2D eigenvalue weighted by molar-refractivity contribution is 5.88. The Kier molecular flexibility index (Phi) is 3.18. The summed E-state index contributed by atoms with van der Waals surface area (Å²) in [5, 5.41) is 2.16. The smallest absolute Gasteiger partial charge is 0.240 e. The molecule has 3 N–H and O–H groups in total. The van der Waals surface area contributed by atoms with Gasteiger partial charge in [0.2, 0.25) is 11.8 Å². The number of aryl methyl sites for hydroxylation is 1. The summed E-state index contributed by atoms with van der Waals surface area (Å²) >= 11 is 0. The number of hydrazine groups is 1. The Labute approximate surface area is 116 Å². The van der Waals surface area contributed by atoms with Crippen molar-refractivity contribution in [3.8, 4) is 11.6 Å². The maximum atomic E-state index is 5.92. The van der Waals surface area contributed by atoms with E-state index in [2.05, 4.69) is 15.4 Å². The summed E-state index contributed by atoms with van der Waals surface area (Å²) in [5.74, 6) is 6.89. The van der Waals surface area contributed by atoms with Crippen LogP contribution in [0.5, 0.6) is 11.6 Å². The molecule has 0 amide bonds. The molecule has 20 heavy (non-hydrogen) atoms. The fourth-order valence-corrected chi connectivity index (χ4v) is 1.99. The lowest BCUT2D eigenvalue weighted by Gasteiger charge is -2.10. The van der Waals surface area contributed by atoms with Crippen molar-refractivity contribution in [2.24, 2.45) is 5.84 Å². The number of nitrogens with zero attached hydrogens (tertiary/aromatic N) is 2. The van der Waals surface area contributed by atoms with Crippen LogP contribution in [-0.2, 0) is 0 Å². The molecule has 0 radical (unpaired) electrons. The van der Waals surface area contributed by atoms with Crippen molar-refractivity contribution < 1.29 is 4.74 Å². The zero-order valence-electron chi connectivity index (χ0n) is 11.0. The van der Waals surface area contributed by atoms with Gasteiger partial charge in [0.25, 0.3) is 0 Å². The molecule has 3 aromatic rings. The van der Waals surface area contributed by atoms with E-state index in [1.165, 1.54) is 0 Å². The molecule has 3 rings (SSSR count). The molecule has 5 heteroatoms. The van der Waals surface area contributed by atoms with E-state index in [0.29, 0.717) is 11.8 Å². The molecule has 0 aliphatic rings. The zero-order valence-corrected chi connectivity index (χ0v) is 11.0. The van der Waals surface area contributed by atoms with Crippen LogP contribution in [0.3, 0.4) is 0 Å². The van der Waals surface area contributed by atoms with Gasteiger partial charge in [-0.2, -0.15) is 4.98 Å². The van der Waals surface area contributed by atoms with E-state index in [4.69, 9.17) is 10.6 Å². The molecule has 0 unspecified atom stereocenters. The van der Waals surface area contributed by atoms with Gasteiger partial charge in [0.1, 0.15) is 5.75 Å². The first kappa shape index (κ1) is 12.4. The van der Waals surface area contributed by atoms with E-state index in [9.17, 15) is 0 Å². The third-order valence-corrected chi connectivity index (χ3v) is 3.01. The second-order valence-electron chi connectivity index (χ2n) is 4.41.